The number of aromatic nitrogens is 3. The van der Waals surface area contributed by atoms with E-state index in [-0.39, 0.29) is 16.6 Å². The van der Waals surface area contributed by atoms with Gasteiger partial charge in [-0.25, -0.2) is 0 Å². The van der Waals surface area contributed by atoms with E-state index in [4.69, 9.17) is 23.2 Å². The quantitative estimate of drug-likeness (QED) is 0.910. The van der Waals surface area contributed by atoms with Crippen molar-refractivity contribution < 1.29 is 0 Å². The van der Waals surface area contributed by atoms with Crippen LogP contribution in [-0.4, -0.2) is 21.0 Å². The predicted octanol–water partition coefficient (Wildman–Crippen LogP) is 3.99. The Kier molecular flexibility index (Phi) is 6.53. The second-order valence-electron chi connectivity index (χ2n) is 4.15. The Labute approximate surface area is 123 Å². The molecule has 0 saturated carbocycles. The standard InChI is InChI=1S/C7H8.C6H8Cl2N4/c1-7-5-3-2-4-6-7;1-3(2)9-6-11-4(7)10-5(8)12-6/h2-6H,1H3;3H,1-2H3,(H,9,10,11,12). The molecule has 19 heavy (non-hydrogen) atoms. The van der Waals surface area contributed by atoms with E-state index in [1.165, 1.54) is 5.56 Å². The van der Waals surface area contributed by atoms with E-state index in [0.29, 0.717) is 5.95 Å². The maximum absolute atomic E-state index is 5.55. The highest BCUT2D eigenvalue weighted by atomic mass is 35.5. The van der Waals surface area contributed by atoms with Crippen LogP contribution in [0, 0.1) is 6.92 Å². The molecule has 0 amide bonds. The van der Waals surface area contributed by atoms with Gasteiger partial charge in [-0.1, -0.05) is 35.9 Å². The molecule has 0 saturated heterocycles. The van der Waals surface area contributed by atoms with Gasteiger partial charge in [-0.3, -0.25) is 0 Å². The number of nitrogens with one attached hydrogen (secondary N) is 1. The monoisotopic (exact) mass is 298 g/mol. The molecule has 0 radical (unpaired) electrons. The minimum absolute atomic E-state index is 0.0955. The van der Waals surface area contributed by atoms with Crippen molar-refractivity contribution in [2.24, 2.45) is 0 Å². The van der Waals surface area contributed by atoms with Crippen LogP contribution >= 0.6 is 23.2 Å². The fourth-order valence-electron chi connectivity index (χ4n) is 1.18. The Morgan fingerprint density at radius 1 is 0.947 bits per heavy atom. The van der Waals surface area contributed by atoms with Crippen LogP contribution in [0.2, 0.25) is 10.6 Å². The van der Waals surface area contributed by atoms with Crippen molar-refractivity contribution in [3.05, 3.63) is 46.5 Å². The smallest absolute Gasteiger partial charge is 0.228 e. The molecule has 2 rings (SSSR count). The molecule has 2 aromatic rings. The third kappa shape index (κ3) is 6.94. The Bertz CT molecular complexity index is 483. The number of rotatable bonds is 2. The van der Waals surface area contributed by atoms with Crippen molar-refractivity contribution in [3.8, 4) is 0 Å². The zero-order valence-corrected chi connectivity index (χ0v) is 12.6. The number of aryl methyl sites for hydroxylation is 1. The lowest BCUT2D eigenvalue weighted by Crippen LogP contribution is -2.13. The Morgan fingerprint density at radius 3 is 1.84 bits per heavy atom. The molecule has 0 fully saturated rings. The summed E-state index contributed by atoms with van der Waals surface area (Å²) in [5.74, 6) is 0.398. The van der Waals surface area contributed by atoms with E-state index in [1.807, 2.05) is 32.0 Å². The van der Waals surface area contributed by atoms with Gasteiger partial charge >= 0.3 is 0 Å². The molecule has 0 aliphatic heterocycles. The van der Waals surface area contributed by atoms with Gasteiger partial charge in [0, 0.05) is 6.04 Å². The van der Waals surface area contributed by atoms with E-state index in [2.05, 4.69) is 39.3 Å². The lowest BCUT2D eigenvalue weighted by Gasteiger charge is -2.06. The van der Waals surface area contributed by atoms with Crippen molar-refractivity contribution >= 4 is 29.2 Å². The summed E-state index contributed by atoms with van der Waals surface area (Å²) in [5.41, 5.74) is 1.32. The van der Waals surface area contributed by atoms with E-state index in [9.17, 15) is 0 Å². The number of benzene rings is 1. The third-order valence-electron chi connectivity index (χ3n) is 1.94. The first-order valence-corrected chi connectivity index (χ1v) is 6.58. The van der Waals surface area contributed by atoms with Gasteiger partial charge in [-0.05, 0) is 44.0 Å². The van der Waals surface area contributed by atoms with Crippen molar-refractivity contribution in [1.29, 1.82) is 0 Å². The van der Waals surface area contributed by atoms with Crippen LogP contribution in [0.3, 0.4) is 0 Å². The molecule has 0 spiro atoms. The zero-order valence-electron chi connectivity index (χ0n) is 11.1. The second kappa shape index (κ2) is 7.92. The SMILES string of the molecule is CC(C)Nc1nc(Cl)nc(Cl)n1.Cc1ccccc1. The van der Waals surface area contributed by atoms with E-state index in [0.717, 1.165) is 0 Å². The molecular formula is C13H16Cl2N4. The molecule has 0 atom stereocenters. The van der Waals surface area contributed by atoms with Crippen LogP contribution in [0.25, 0.3) is 0 Å². The minimum Gasteiger partial charge on any atom is -0.352 e. The van der Waals surface area contributed by atoms with Crippen LogP contribution in [0.15, 0.2) is 30.3 Å². The second-order valence-corrected chi connectivity index (χ2v) is 4.83. The first-order valence-electron chi connectivity index (χ1n) is 5.82. The molecule has 1 aromatic carbocycles. The molecule has 1 N–H and O–H groups in total. The van der Waals surface area contributed by atoms with Crippen LogP contribution in [0.1, 0.15) is 19.4 Å². The molecule has 0 aliphatic rings. The van der Waals surface area contributed by atoms with E-state index < -0.39 is 0 Å². The van der Waals surface area contributed by atoms with Crippen molar-refractivity contribution in [1.82, 2.24) is 15.0 Å². The number of hydrogen-bond donors (Lipinski definition) is 1. The van der Waals surface area contributed by atoms with Gasteiger partial charge in [0.25, 0.3) is 0 Å². The maximum atomic E-state index is 5.55. The fourth-order valence-corrected chi connectivity index (χ4v) is 1.55. The van der Waals surface area contributed by atoms with Crippen LogP contribution in [0.5, 0.6) is 0 Å². The number of anilines is 1. The van der Waals surface area contributed by atoms with Gasteiger partial charge < -0.3 is 5.32 Å². The molecule has 102 valence electrons. The van der Waals surface area contributed by atoms with Crippen LogP contribution < -0.4 is 5.32 Å². The summed E-state index contributed by atoms with van der Waals surface area (Å²) < 4.78 is 0. The van der Waals surface area contributed by atoms with Crippen molar-refractivity contribution in [3.63, 3.8) is 0 Å². The van der Waals surface area contributed by atoms with Gasteiger partial charge in [0.05, 0.1) is 0 Å². The summed E-state index contributed by atoms with van der Waals surface area (Å²) >= 11 is 11.1. The fraction of sp³-hybridized carbons (Fsp3) is 0.308. The highest BCUT2D eigenvalue weighted by Crippen LogP contribution is 2.09. The Morgan fingerprint density at radius 2 is 1.47 bits per heavy atom. The van der Waals surface area contributed by atoms with Gasteiger partial charge in [0.15, 0.2) is 0 Å². The lowest BCUT2D eigenvalue weighted by atomic mass is 10.2. The highest BCUT2D eigenvalue weighted by molar-refractivity contribution is 6.31. The summed E-state index contributed by atoms with van der Waals surface area (Å²) in [4.78, 5) is 11.3. The summed E-state index contributed by atoms with van der Waals surface area (Å²) in [6, 6.07) is 10.5. The van der Waals surface area contributed by atoms with Gasteiger partial charge in [-0.2, -0.15) is 15.0 Å². The van der Waals surface area contributed by atoms with Gasteiger partial charge in [-0.15, -0.1) is 0 Å². The first kappa shape index (κ1) is 15.7. The largest absolute Gasteiger partial charge is 0.352 e. The van der Waals surface area contributed by atoms with Crippen molar-refractivity contribution in [2.75, 3.05) is 5.32 Å². The molecule has 1 aromatic heterocycles. The average molecular weight is 299 g/mol. The molecule has 0 bridgehead atoms. The average Bonchev–Trinajstić information content (AvgIpc) is 2.28. The Hall–Kier alpha value is -1.39. The molecule has 1 heterocycles. The van der Waals surface area contributed by atoms with Gasteiger partial charge in [0.1, 0.15) is 0 Å². The minimum atomic E-state index is 0.0955. The van der Waals surface area contributed by atoms with Crippen LogP contribution in [-0.2, 0) is 0 Å². The number of halogens is 2. The molecular weight excluding hydrogens is 283 g/mol. The van der Waals surface area contributed by atoms with Gasteiger partial charge in [0.2, 0.25) is 16.5 Å². The molecule has 0 aliphatic carbocycles. The van der Waals surface area contributed by atoms with Crippen molar-refractivity contribution in [2.45, 2.75) is 26.8 Å². The predicted molar refractivity (Wildman–Crippen MR) is 79.8 cm³/mol. The molecule has 6 heteroatoms. The summed E-state index contributed by atoms with van der Waals surface area (Å²) in [6.07, 6.45) is 0. The third-order valence-corrected chi connectivity index (χ3v) is 2.28. The maximum Gasteiger partial charge on any atom is 0.228 e. The number of hydrogen-bond acceptors (Lipinski definition) is 4. The molecule has 4 nitrogen and oxygen atoms in total. The lowest BCUT2D eigenvalue weighted by molar-refractivity contribution is 0.866. The van der Waals surface area contributed by atoms with Crippen LogP contribution in [0.4, 0.5) is 5.95 Å². The summed E-state index contributed by atoms with van der Waals surface area (Å²) in [5, 5.41) is 3.15. The summed E-state index contributed by atoms with van der Waals surface area (Å²) in [6.45, 7) is 6.01. The zero-order chi connectivity index (χ0) is 14.3. The normalized spacial score (nSPS) is 9.79. The molecule has 0 unspecified atom stereocenters. The van der Waals surface area contributed by atoms with E-state index >= 15 is 0 Å². The topological polar surface area (TPSA) is 50.7 Å². The summed E-state index contributed by atoms with van der Waals surface area (Å²) in [7, 11) is 0. The first-order chi connectivity index (χ1) is 8.97. The number of nitrogens with zero attached hydrogens (tertiary/aromatic N) is 3. The highest BCUT2D eigenvalue weighted by Gasteiger charge is 2.03. The van der Waals surface area contributed by atoms with E-state index in [1.54, 1.807) is 0 Å². The Balaban J connectivity index is 0.000000218.